The molecule has 0 spiro atoms. The Kier molecular flexibility index (Phi) is 4.03. The lowest BCUT2D eigenvalue weighted by atomic mass is 9.49. The van der Waals surface area contributed by atoms with Gasteiger partial charge in [-0.25, -0.2) is 13.1 Å². The second-order valence-electron chi connectivity index (χ2n) is 7.25. The molecule has 0 aromatic carbocycles. The molecular formula is C15H26N2O3S. The highest BCUT2D eigenvalue weighted by Gasteiger charge is 2.54. The van der Waals surface area contributed by atoms with Crippen molar-refractivity contribution >= 4 is 15.9 Å². The lowest BCUT2D eigenvalue weighted by molar-refractivity contribution is -0.146. The SMILES string of the molecule is CCS(=O)(=O)NCCNC(=O)C12CC3CC(CC(C3)C1)C2. The first-order valence-electron chi connectivity index (χ1n) is 8.18. The molecule has 120 valence electrons. The molecule has 21 heavy (non-hydrogen) atoms. The quantitative estimate of drug-likeness (QED) is 0.725. The van der Waals surface area contributed by atoms with Crippen LogP contribution < -0.4 is 10.0 Å². The van der Waals surface area contributed by atoms with Gasteiger partial charge >= 0.3 is 0 Å². The summed E-state index contributed by atoms with van der Waals surface area (Å²) in [6, 6.07) is 0. The third-order valence-corrected chi connectivity index (χ3v) is 7.04. The minimum atomic E-state index is -3.16. The fourth-order valence-electron chi connectivity index (χ4n) is 5.06. The fourth-order valence-corrected chi connectivity index (χ4v) is 5.68. The second kappa shape index (κ2) is 5.54. The molecule has 0 radical (unpaired) electrons. The van der Waals surface area contributed by atoms with Crippen molar-refractivity contribution in [3.63, 3.8) is 0 Å². The lowest BCUT2D eigenvalue weighted by Gasteiger charge is -2.55. The monoisotopic (exact) mass is 314 g/mol. The van der Waals surface area contributed by atoms with E-state index in [4.69, 9.17) is 0 Å². The molecular weight excluding hydrogens is 288 g/mol. The summed E-state index contributed by atoms with van der Waals surface area (Å²) in [5.74, 6) is 2.50. The van der Waals surface area contributed by atoms with Crippen molar-refractivity contribution in [2.75, 3.05) is 18.8 Å². The van der Waals surface area contributed by atoms with Gasteiger partial charge in [0.15, 0.2) is 0 Å². The molecule has 0 aromatic rings. The van der Waals surface area contributed by atoms with E-state index in [1.807, 2.05) is 0 Å². The summed E-state index contributed by atoms with van der Waals surface area (Å²) in [6.07, 6.45) is 7.11. The molecule has 0 saturated heterocycles. The number of carbonyl (C=O) groups excluding carboxylic acids is 1. The Hall–Kier alpha value is -0.620. The van der Waals surface area contributed by atoms with E-state index in [0.717, 1.165) is 37.0 Å². The van der Waals surface area contributed by atoms with E-state index < -0.39 is 10.0 Å². The van der Waals surface area contributed by atoms with E-state index in [0.29, 0.717) is 6.54 Å². The van der Waals surface area contributed by atoms with E-state index in [1.54, 1.807) is 6.92 Å². The lowest BCUT2D eigenvalue weighted by Crippen LogP contribution is -2.54. The van der Waals surface area contributed by atoms with Crippen LogP contribution in [0, 0.1) is 23.2 Å². The molecule has 4 aliphatic rings. The maximum atomic E-state index is 12.6. The maximum Gasteiger partial charge on any atom is 0.226 e. The van der Waals surface area contributed by atoms with Crippen LogP contribution in [0.1, 0.15) is 45.4 Å². The van der Waals surface area contributed by atoms with Crippen LogP contribution in [0.3, 0.4) is 0 Å². The van der Waals surface area contributed by atoms with Gasteiger partial charge in [0.05, 0.1) is 5.75 Å². The molecule has 5 nitrogen and oxygen atoms in total. The van der Waals surface area contributed by atoms with E-state index >= 15 is 0 Å². The largest absolute Gasteiger partial charge is 0.354 e. The number of rotatable bonds is 6. The topological polar surface area (TPSA) is 75.3 Å². The van der Waals surface area contributed by atoms with Crippen LogP contribution >= 0.6 is 0 Å². The Balaban J connectivity index is 1.52. The average molecular weight is 314 g/mol. The van der Waals surface area contributed by atoms with E-state index in [1.165, 1.54) is 19.3 Å². The standard InChI is InChI=1S/C15H26N2O3S/c1-2-21(19,20)17-4-3-16-14(18)15-8-11-5-12(9-15)7-13(6-11)10-15/h11-13,17H,2-10H2,1H3,(H,16,18). The number of carbonyl (C=O) groups is 1. The molecule has 4 saturated carbocycles. The van der Waals surface area contributed by atoms with Crippen LogP contribution in [0.4, 0.5) is 0 Å². The van der Waals surface area contributed by atoms with Crippen LogP contribution in [0.15, 0.2) is 0 Å². The van der Waals surface area contributed by atoms with Gasteiger partial charge in [-0.05, 0) is 63.2 Å². The summed E-state index contributed by atoms with van der Waals surface area (Å²) < 4.78 is 25.2. The van der Waals surface area contributed by atoms with Gasteiger partial charge in [0.2, 0.25) is 15.9 Å². The molecule has 0 aliphatic heterocycles. The van der Waals surface area contributed by atoms with Gasteiger partial charge in [0.1, 0.15) is 0 Å². The van der Waals surface area contributed by atoms with Crippen molar-refractivity contribution in [1.82, 2.24) is 10.0 Å². The molecule has 0 unspecified atom stereocenters. The Morgan fingerprint density at radius 3 is 2.05 bits per heavy atom. The Bertz CT molecular complexity index is 480. The minimum absolute atomic E-state index is 0.0793. The van der Waals surface area contributed by atoms with E-state index in [2.05, 4.69) is 10.0 Å². The van der Waals surface area contributed by atoms with Crippen molar-refractivity contribution in [1.29, 1.82) is 0 Å². The van der Waals surface area contributed by atoms with Gasteiger partial charge in [-0.2, -0.15) is 0 Å². The molecule has 4 fully saturated rings. The van der Waals surface area contributed by atoms with Crippen LogP contribution in [-0.2, 0) is 14.8 Å². The Labute approximate surface area is 127 Å². The van der Waals surface area contributed by atoms with Gasteiger partial charge in [0, 0.05) is 18.5 Å². The Morgan fingerprint density at radius 2 is 1.57 bits per heavy atom. The van der Waals surface area contributed by atoms with Gasteiger partial charge in [-0.15, -0.1) is 0 Å². The summed E-state index contributed by atoms with van der Waals surface area (Å²) >= 11 is 0. The summed E-state index contributed by atoms with van der Waals surface area (Å²) in [4.78, 5) is 12.6. The number of hydrogen-bond acceptors (Lipinski definition) is 3. The van der Waals surface area contributed by atoms with Crippen molar-refractivity contribution < 1.29 is 13.2 Å². The van der Waals surface area contributed by atoms with Crippen molar-refractivity contribution in [3.8, 4) is 0 Å². The molecule has 2 N–H and O–H groups in total. The zero-order valence-electron chi connectivity index (χ0n) is 12.7. The third-order valence-electron chi connectivity index (χ3n) is 5.63. The maximum absolute atomic E-state index is 12.6. The minimum Gasteiger partial charge on any atom is -0.354 e. The van der Waals surface area contributed by atoms with Gasteiger partial charge in [-0.1, -0.05) is 0 Å². The van der Waals surface area contributed by atoms with Gasteiger partial charge in [0.25, 0.3) is 0 Å². The summed E-state index contributed by atoms with van der Waals surface area (Å²) in [7, 11) is -3.16. The smallest absolute Gasteiger partial charge is 0.226 e. The van der Waals surface area contributed by atoms with Gasteiger partial charge in [-0.3, -0.25) is 4.79 Å². The predicted molar refractivity (Wildman–Crippen MR) is 81.1 cm³/mol. The first-order chi connectivity index (χ1) is 9.92. The second-order valence-corrected chi connectivity index (χ2v) is 9.35. The van der Waals surface area contributed by atoms with E-state index in [-0.39, 0.29) is 23.6 Å². The van der Waals surface area contributed by atoms with Crippen LogP contribution in [0.5, 0.6) is 0 Å². The average Bonchev–Trinajstić information content (AvgIpc) is 2.42. The third kappa shape index (κ3) is 3.11. The van der Waals surface area contributed by atoms with Crippen molar-refractivity contribution in [2.45, 2.75) is 45.4 Å². The Morgan fingerprint density at radius 1 is 1.05 bits per heavy atom. The van der Waals surface area contributed by atoms with Crippen molar-refractivity contribution in [2.24, 2.45) is 23.2 Å². The predicted octanol–water partition coefficient (Wildman–Crippen LogP) is 1.26. The zero-order chi connectivity index (χ0) is 15.1. The summed E-state index contributed by atoms with van der Waals surface area (Å²) in [5, 5.41) is 2.97. The highest BCUT2D eigenvalue weighted by molar-refractivity contribution is 7.89. The number of amides is 1. The molecule has 6 heteroatoms. The highest BCUT2D eigenvalue weighted by atomic mass is 32.2. The number of sulfonamides is 1. The molecule has 4 rings (SSSR count). The molecule has 0 atom stereocenters. The first-order valence-corrected chi connectivity index (χ1v) is 9.83. The molecule has 4 aliphatic carbocycles. The van der Waals surface area contributed by atoms with Crippen LogP contribution in [-0.4, -0.2) is 33.2 Å². The van der Waals surface area contributed by atoms with Gasteiger partial charge < -0.3 is 5.32 Å². The zero-order valence-corrected chi connectivity index (χ0v) is 13.5. The molecule has 1 amide bonds. The summed E-state index contributed by atoms with van der Waals surface area (Å²) in [5.41, 5.74) is -0.140. The van der Waals surface area contributed by atoms with Crippen LogP contribution in [0.2, 0.25) is 0 Å². The van der Waals surface area contributed by atoms with Crippen molar-refractivity contribution in [3.05, 3.63) is 0 Å². The highest BCUT2D eigenvalue weighted by Crippen LogP contribution is 2.60. The molecule has 0 aromatic heterocycles. The summed E-state index contributed by atoms with van der Waals surface area (Å²) in [6.45, 7) is 2.28. The fraction of sp³-hybridized carbons (Fsp3) is 0.933. The normalized spacial score (nSPS) is 37.7. The number of nitrogens with one attached hydrogen (secondary N) is 2. The first kappa shape index (κ1) is 15.3. The molecule has 4 bridgehead atoms. The number of hydrogen-bond donors (Lipinski definition) is 2. The van der Waals surface area contributed by atoms with E-state index in [9.17, 15) is 13.2 Å². The molecule has 0 heterocycles. The van der Waals surface area contributed by atoms with Crippen LogP contribution in [0.25, 0.3) is 0 Å².